The smallest absolute Gasteiger partial charge is 0.271 e. The molecular formula is C23H21Cl2N3O. The van der Waals surface area contributed by atoms with Crippen molar-refractivity contribution >= 4 is 29.1 Å². The van der Waals surface area contributed by atoms with Gasteiger partial charge >= 0.3 is 0 Å². The van der Waals surface area contributed by atoms with Crippen molar-refractivity contribution in [3.63, 3.8) is 0 Å². The van der Waals surface area contributed by atoms with Crippen LogP contribution in [0.25, 0.3) is 17.1 Å². The second-order valence-electron chi connectivity index (χ2n) is 8.03. The van der Waals surface area contributed by atoms with Crippen LogP contribution in [0.5, 0.6) is 0 Å². The van der Waals surface area contributed by atoms with E-state index in [1.165, 1.54) is 19.3 Å². The van der Waals surface area contributed by atoms with E-state index >= 15 is 0 Å². The first-order valence-corrected chi connectivity index (χ1v) is 10.7. The number of carbonyl (C=O) groups excluding carboxylic acids is 1. The van der Waals surface area contributed by atoms with E-state index in [1.807, 2.05) is 53.1 Å². The first kappa shape index (κ1) is 18.7. The molecule has 5 rings (SSSR count). The lowest BCUT2D eigenvalue weighted by Gasteiger charge is -2.22. The predicted octanol–water partition coefficient (Wildman–Crippen LogP) is 5.76. The van der Waals surface area contributed by atoms with Crippen molar-refractivity contribution in [2.24, 2.45) is 11.8 Å². The van der Waals surface area contributed by atoms with Crippen molar-refractivity contribution in [1.82, 2.24) is 14.9 Å². The molecule has 0 spiro atoms. The minimum absolute atomic E-state index is 0.122. The Labute approximate surface area is 179 Å². The van der Waals surface area contributed by atoms with Gasteiger partial charge < -0.3 is 5.32 Å². The number of nitrogens with one attached hydrogen (secondary N) is 1. The fraction of sp³-hybridized carbons (Fsp3) is 0.304. The van der Waals surface area contributed by atoms with Gasteiger partial charge in [0.05, 0.1) is 5.02 Å². The molecule has 0 radical (unpaired) electrons. The van der Waals surface area contributed by atoms with Crippen LogP contribution >= 0.6 is 23.2 Å². The van der Waals surface area contributed by atoms with E-state index in [2.05, 4.69) is 10.3 Å². The molecule has 2 aliphatic rings. The zero-order valence-electron chi connectivity index (χ0n) is 15.8. The Kier molecular flexibility index (Phi) is 4.84. The molecule has 3 aromatic rings. The highest BCUT2D eigenvalue weighted by Gasteiger charge is 2.40. The molecule has 2 aliphatic carbocycles. The third-order valence-electron chi connectivity index (χ3n) is 6.21. The minimum atomic E-state index is -0.122. The van der Waals surface area contributed by atoms with E-state index in [1.54, 1.807) is 6.20 Å². The lowest BCUT2D eigenvalue weighted by Crippen LogP contribution is -2.38. The van der Waals surface area contributed by atoms with Gasteiger partial charge in [-0.3, -0.25) is 9.36 Å². The average Bonchev–Trinajstić information content (AvgIpc) is 3.44. The molecule has 29 heavy (non-hydrogen) atoms. The van der Waals surface area contributed by atoms with E-state index in [4.69, 9.17) is 23.2 Å². The Morgan fingerprint density at radius 3 is 2.52 bits per heavy atom. The summed E-state index contributed by atoms with van der Waals surface area (Å²) in [7, 11) is 0. The number of carbonyl (C=O) groups is 1. The highest BCUT2D eigenvalue weighted by atomic mass is 35.5. The van der Waals surface area contributed by atoms with Crippen LogP contribution in [0.1, 0.15) is 36.2 Å². The van der Waals surface area contributed by atoms with Crippen molar-refractivity contribution in [2.45, 2.75) is 31.7 Å². The van der Waals surface area contributed by atoms with Gasteiger partial charge in [0.15, 0.2) is 0 Å². The van der Waals surface area contributed by atoms with Crippen molar-refractivity contribution in [2.75, 3.05) is 0 Å². The first-order valence-electron chi connectivity index (χ1n) is 9.99. The van der Waals surface area contributed by atoms with Gasteiger partial charge in [-0.2, -0.15) is 0 Å². The van der Waals surface area contributed by atoms with Crippen molar-refractivity contribution < 1.29 is 4.79 Å². The summed E-state index contributed by atoms with van der Waals surface area (Å²) in [5.74, 6) is 1.90. The predicted molar refractivity (Wildman–Crippen MR) is 116 cm³/mol. The standard InChI is InChI=1S/C23H21Cl2N3O/c24-16-7-9-17(10-8-16)28-13-21(26-22(28)18-3-1-2-4-19(18)25)23(29)27-20-12-14-5-6-15(20)11-14/h1-4,7-10,13-15,20H,5-6,11-12H2,(H,27,29). The summed E-state index contributed by atoms with van der Waals surface area (Å²) in [5, 5.41) is 4.47. The van der Waals surface area contributed by atoms with Crippen LogP contribution in [0.2, 0.25) is 10.0 Å². The molecule has 2 fully saturated rings. The lowest BCUT2D eigenvalue weighted by molar-refractivity contribution is 0.0918. The van der Waals surface area contributed by atoms with Gasteiger partial charge in [-0.15, -0.1) is 0 Å². The van der Waals surface area contributed by atoms with Crippen molar-refractivity contribution in [3.8, 4) is 17.1 Å². The van der Waals surface area contributed by atoms with Crippen LogP contribution in [0, 0.1) is 11.8 Å². The molecule has 4 nitrogen and oxygen atoms in total. The molecule has 0 saturated heterocycles. The summed E-state index contributed by atoms with van der Waals surface area (Å²) >= 11 is 12.5. The third-order valence-corrected chi connectivity index (χ3v) is 6.79. The van der Waals surface area contributed by atoms with Crippen LogP contribution in [0.15, 0.2) is 54.7 Å². The van der Waals surface area contributed by atoms with Gasteiger partial charge in [0.1, 0.15) is 11.5 Å². The SMILES string of the molecule is O=C(NC1CC2CCC1C2)c1cn(-c2ccc(Cl)cc2)c(-c2ccccc2Cl)n1. The van der Waals surface area contributed by atoms with E-state index in [9.17, 15) is 4.79 Å². The summed E-state index contributed by atoms with van der Waals surface area (Å²) in [6, 6.07) is 15.3. The van der Waals surface area contributed by atoms with Crippen molar-refractivity contribution in [1.29, 1.82) is 0 Å². The summed E-state index contributed by atoms with van der Waals surface area (Å²) in [6.07, 6.45) is 6.64. The Bertz CT molecular complexity index is 1060. The van der Waals surface area contributed by atoms with E-state index in [0.717, 1.165) is 23.6 Å². The van der Waals surface area contributed by atoms with Crippen LogP contribution < -0.4 is 5.32 Å². The molecule has 2 bridgehead atoms. The molecule has 148 valence electrons. The number of nitrogens with zero attached hydrogens (tertiary/aromatic N) is 2. The second-order valence-corrected chi connectivity index (χ2v) is 8.87. The fourth-order valence-electron chi connectivity index (χ4n) is 4.78. The maximum absolute atomic E-state index is 13.0. The number of rotatable bonds is 4. The second kappa shape index (κ2) is 7.51. The van der Waals surface area contributed by atoms with Crippen LogP contribution in [-0.4, -0.2) is 21.5 Å². The monoisotopic (exact) mass is 425 g/mol. The van der Waals surface area contributed by atoms with Crippen LogP contribution in [0.3, 0.4) is 0 Å². The number of hydrogen-bond acceptors (Lipinski definition) is 2. The number of hydrogen-bond donors (Lipinski definition) is 1. The number of benzene rings is 2. The summed E-state index contributed by atoms with van der Waals surface area (Å²) in [6.45, 7) is 0. The molecule has 6 heteroatoms. The number of aromatic nitrogens is 2. The van der Waals surface area contributed by atoms with Gasteiger partial charge in [-0.05, 0) is 67.5 Å². The molecule has 2 saturated carbocycles. The van der Waals surface area contributed by atoms with Crippen LogP contribution in [-0.2, 0) is 0 Å². The zero-order chi connectivity index (χ0) is 20.0. The highest BCUT2D eigenvalue weighted by molar-refractivity contribution is 6.33. The number of fused-ring (bicyclic) bond motifs is 2. The van der Waals surface area contributed by atoms with E-state index in [-0.39, 0.29) is 11.9 Å². The molecule has 2 aromatic carbocycles. The Balaban J connectivity index is 1.51. The molecule has 0 aliphatic heterocycles. The summed E-state index contributed by atoms with van der Waals surface area (Å²) in [5.41, 5.74) is 2.05. The minimum Gasteiger partial charge on any atom is -0.348 e. The van der Waals surface area contributed by atoms with Crippen LogP contribution in [0.4, 0.5) is 0 Å². The van der Waals surface area contributed by atoms with E-state index in [0.29, 0.717) is 27.5 Å². The van der Waals surface area contributed by atoms with Gasteiger partial charge in [0, 0.05) is 28.5 Å². The quantitative estimate of drug-likeness (QED) is 0.576. The van der Waals surface area contributed by atoms with E-state index < -0.39 is 0 Å². The molecular weight excluding hydrogens is 405 g/mol. The Morgan fingerprint density at radius 1 is 1.03 bits per heavy atom. The number of amides is 1. The van der Waals surface area contributed by atoms with Gasteiger partial charge in [0.2, 0.25) is 0 Å². The Morgan fingerprint density at radius 2 is 1.83 bits per heavy atom. The molecule has 1 amide bonds. The average molecular weight is 426 g/mol. The van der Waals surface area contributed by atoms with Gasteiger partial charge in [-0.25, -0.2) is 4.98 Å². The Hall–Kier alpha value is -2.30. The molecule has 1 N–H and O–H groups in total. The highest BCUT2D eigenvalue weighted by Crippen LogP contribution is 2.44. The van der Waals surface area contributed by atoms with Crippen molar-refractivity contribution in [3.05, 3.63) is 70.5 Å². The van der Waals surface area contributed by atoms with Gasteiger partial charge in [0.25, 0.3) is 5.91 Å². The topological polar surface area (TPSA) is 46.9 Å². The maximum Gasteiger partial charge on any atom is 0.271 e. The molecule has 3 atom stereocenters. The lowest BCUT2D eigenvalue weighted by atomic mass is 9.95. The summed E-state index contributed by atoms with van der Waals surface area (Å²) < 4.78 is 1.90. The van der Waals surface area contributed by atoms with Gasteiger partial charge in [-0.1, -0.05) is 41.8 Å². The fourth-order valence-corrected chi connectivity index (χ4v) is 5.13. The molecule has 3 unspecified atom stereocenters. The largest absolute Gasteiger partial charge is 0.348 e. The maximum atomic E-state index is 13.0. The molecule has 1 aromatic heterocycles. The normalized spacial score (nSPS) is 22.8. The summed E-state index contributed by atoms with van der Waals surface area (Å²) in [4.78, 5) is 17.7. The number of halogens is 2. The third kappa shape index (κ3) is 3.56. The number of imidazole rings is 1. The first-order chi connectivity index (χ1) is 14.1. The molecule has 1 heterocycles. The zero-order valence-corrected chi connectivity index (χ0v) is 17.3.